The predicted octanol–water partition coefficient (Wildman–Crippen LogP) is 3.75. The first-order valence-electron chi connectivity index (χ1n) is 6.41. The summed E-state index contributed by atoms with van der Waals surface area (Å²) in [6.45, 7) is 6.25. The van der Waals surface area contributed by atoms with Crippen LogP contribution in [0.5, 0.6) is 0 Å². The fourth-order valence-electron chi connectivity index (χ4n) is 2.23. The number of hydrogen-bond donors (Lipinski definition) is 1. The predicted molar refractivity (Wildman–Crippen MR) is 71.7 cm³/mol. The van der Waals surface area contributed by atoms with Crippen molar-refractivity contribution in [3.8, 4) is 0 Å². The van der Waals surface area contributed by atoms with Crippen LogP contribution in [-0.2, 0) is 6.42 Å². The molecule has 0 saturated heterocycles. The Morgan fingerprint density at radius 2 is 2.00 bits per heavy atom. The Kier molecular flexibility index (Phi) is 3.57. The number of halogens is 1. The number of hydrogen-bond acceptors (Lipinski definition) is 3. The molecule has 1 N–H and O–H groups in total. The summed E-state index contributed by atoms with van der Waals surface area (Å²) in [5.74, 6) is 1.73. The van der Waals surface area contributed by atoms with E-state index in [9.17, 15) is 0 Å². The van der Waals surface area contributed by atoms with Gasteiger partial charge in [0.05, 0.1) is 0 Å². The van der Waals surface area contributed by atoms with Gasteiger partial charge in [-0.2, -0.15) is 0 Å². The fraction of sp³-hybridized carbons (Fsp3) is 0.692. The van der Waals surface area contributed by atoms with Crippen molar-refractivity contribution in [1.82, 2.24) is 9.97 Å². The highest BCUT2D eigenvalue weighted by Crippen LogP contribution is 2.38. The quantitative estimate of drug-likeness (QED) is 0.831. The molecule has 1 saturated carbocycles. The van der Waals surface area contributed by atoms with Crippen LogP contribution in [0.15, 0.2) is 0 Å². The van der Waals surface area contributed by atoms with Gasteiger partial charge < -0.3 is 5.32 Å². The van der Waals surface area contributed by atoms with Gasteiger partial charge in [-0.3, -0.25) is 0 Å². The standard InChI is InChI=1S/C13H20ClN3/c1-4-10-15-11(14)9(3)12(16-10)17-13(5-2)7-6-8-13/h4-8H2,1-3H3,(H,15,16,17). The van der Waals surface area contributed by atoms with Crippen LogP contribution < -0.4 is 5.32 Å². The van der Waals surface area contributed by atoms with Crippen LogP contribution in [0.25, 0.3) is 0 Å². The van der Waals surface area contributed by atoms with Crippen molar-refractivity contribution in [2.45, 2.75) is 58.4 Å². The number of anilines is 1. The molecule has 0 radical (unpaired) electrons. The van der Waals surface area contributed by atoms with Gasteiger partial charge in [0.2, 0.25) is 0 Å². The normalized spacial score (nSPS) is 17.6. The third kappa shape index (κ3) is 2.39. The van der Waals surface area contributed by atoms with Crippen LogP contribution >= 0.6 is 11.6 Å². The van der Waals surface area contributed by atoms with Crippen molar-refractivity contribution in [2.24, 2.45) is 0 Å². The SMILES string of the molecule is CCc1nc(Cl)c(C)c(NC2(CC)CCC2)n1. The smallest absolute Gasteiger partial charge is 0.137 e. The van der Waals surface area contributed by atoms with E-state index in [1.165, 1.54) is 19.3 Å². The average molecular weight is 254 g/mol. The lowest BCUT2D eigenvalue weighted by molar-refractivity contribution is 0.268. The van der Waals surface area contributed by atoms with Crippen molar-refractivity contribution in [2.75, 3.05) is 5.32 Å². The zero-order chi connectivity index (χ0) is 12.5. The molecule has 4 heteroatoms. The molecule has 1 aromatic rings. The topological polar surface area (TPSA) is 37.8 Å². The Labute approximate surface area is 108 Å². The van der Waals surface area contributed by atoms with Crippen LogP contribution in [0.4, 0.5) is 5.82 Å². The molecule has 0 aromatic carbocycles. The lowest BCUT2D eigenvalue weighted by atomic mass is 9.75. The van der Waals surface area contributed by atoms with Crippen LogP contribution in [0.2, 0.25) is 5.15 Å². The van der Waals surface area contributed by atoms with E-state index >= 15 is 0 Å². The molecule has 1 heterocycles. The van der Waals surface area contributed by atoms with Crippen LogP contribution in [0.3, 0.4) is 0 Å². The van der Waals surface area contributed by atoms with E-state index in [0.717, 1.165) is 30.0 Å². The molecule has 0 bridgehead atoms. The third-order valence-corrected chi connectivity index (χ3v) is 4.19. The fourth-order valence-corrected chi connectivity index (χ4v) is 2.42. The van der Waals surface area contributed by atoms with E-state index < -0.39 is 0 Å². The zero-order valence-electron chi connectivity index (χ0n) is 10.8. The molecule has 1 aliphatic rings. The Balaban J connectivity index is 2.28. The summed E-state index contributed by atoms with van der Waals surface area (Å²) in [5, 5.41) is 4.16. The number of rotatable bonds is 4. The average Bonchev–Trinajstić information content (AvgIpc) is 2.28. The Morgan fingerprint density at radius 1 is 1.29 bits per heavy atom. The van der Waals surface area contributed by atoms with Crippen molar-refractivity contribution >= 4 is 17.4 Å². The van der Waals surface area contributed by atoms with Gasteiger partial charge in [-0.05, 0) is 32.6 Å². The largest absolute Gasteiger partial charge is 0.364 e. The van der Waals surface area contributed by atoms with E-state index in [1.54, 1.807) is 0 Å². The van der Waals surface area contributed by atoms with Crippen molar-refractivity contribution in [3.05, 3.63) is 16.5 Å². The second kappa shape index (κ2) is 4.81. The summed E-state index contributed by atoms with van der Waals surface area (Å²) in [6.07, 6.45) is 5.71. The van der Waals surface area contributed by atoms with Crippen LogP contribution in [-0.4, -0.2) is 15.5 Å². The summed E-state index contributed by atoms with van der Waals surface area (Å²) in [5.41, 5.74) is 1.21. The highest BCUT2D eigenvalue weighted by atomic mass is 35.5. The maximum absolute atomic E-state index is 6.14. The zero-order valence-corrected chi connectivity index (χ0v) is 11.6. The van der Waals surface area contributed by atoms with E-state index in [-0.39, 0.29) is 5.54 Å². The van der Waals surface area contributed by atoms with Crippen LogP contribution in [0.1, 0.15) is 50.9 Å². The number of nitrogens with one attached hydrogen (secondary N) is 1. The number of aromatic nitrogens is 2. The van der Waals surface area contributed by atoms with Gasteiger partial charge in [-0.15, -0.1) is 0 Å². The molecule has 0 spiro atoms. The minimum Gasteiger partial charge on any atom is -0.364 e. The van der Waals surface area contributed by atoms with E-state index in [4.69, 9.17) is 11.6 Å². The molecule has 94 valence electrons. The van der Waals surface area contributed by atoms with E-state index in [0.29, 0.717) is 5.15 Å². The highest BCUT2D eigenvalue weighted by molar-refractivity contribution is 6.30. The Hall–Kier alpha value is -0.830. The molecule has 3 nitrogen and oxygen atoms in total. The molecule has 17 heavy (non-hydrogen) atoms. The molecular weight excluding hydrogens is 234 g/mol. The summed E-state index contributed by atoms with van der Waals surface area (Å²) in [7, 11) is 0. The molecule has 1 fully saturated rings. The molecule has 1 aromatic heterocycles. The summed E-state index contributed by atoms with van der Waals surface area (Å²) < 4.78 is 0. The lowest BCUT2D eigenvalue weighted by Crippen LogP contribution is -2.44. The second-order valence-corrected chi connectivity index (χ2v) is 5.23. The van der Waals surface area contributed by atoms with Gasteiger partial charge in [0, 0.05) is 17.5 Å². The van der Waals surface area contributed by atoms with Gasteiger partial charge in [0.1, 0.15) is 16.8 Å². The number of aryl methyl sites for hydroxylation is 1. The van der Waals surface area contributed by atoms with Gasteiger partial charge in [-0.1, -0.05) is 25.4 Å². The van der Waals surface area contributed by atoms with Crippen molar-refractivity contribution in [3.63, 3.8) is 0 Å². The minimum atomic E-state index is 0.244. The van der Waals surface area contributed by atoms with Gasteiger partial charge in [0.25, 0.3) is 0 Å². The van der Waals surface area contributed by atoms with Crippen LogP contribution in [0, 0.1) is 6.92 Å². The van der Waals surface area contributed by atoms with Gasteiger partial charge >= 0.3 is 0 Å². The summed E-state index contributed by atoms with van der Waals surface area (Å²) in [6, 6.07) is 0. The van der Waals surface area contributed by atoms with E-state index in [2.05, 4.69) is 22.2 Å². The first kappa shape index (κ1) is 12.6. The maximum Gasteiger partial charge on any atom is 0.137 e. The molecule has 0 amide bonds. The molecule has 0 aliphatic heterocycles. The Bertz CT molecular complexity index is 408. The van der Waals surface area contributed by atoms with Gasteiger partial charge in [0.15, 0.2) is 0 Å². The highest BCUT2D eigenvalue weighted by Gasteiger charge is 2.35. The molecule has 0 unspecified atom stereocenters. The monoisotopic (exact) mass is 253 g/mol. The first-order chi connectivity index (χ1) is 8.10. The molecule has 0 atom stereocenters. The van der Waals surface area contributed by atoms with Gasteiger partial charge in [-0.25, -0.2) is 9.97 Å². The lowest BCUT2D eigenvalue weighted by Gasteiger charge is -2.42. The van der Waals surface area contributed by atoms with Crippen molar-refractivity contribution in [1.29, 1.82) is 0 Å². The maximum atomic E-state index is 6.14. The number of nitrogens with zero attached hydrogens (tertiary/aromatic N) is 2. The Morgan fingerprint density at radius 3 is 2.47 bits per heavy atom. The minimum absolute atomic E-state index is 0.244. The molecule has 1 aliphatic carbocycles. The molecule has 2 rings (SSSR count). The third-order valence-electron chi connectivity index (χ3n) is 3.82. The summed E-state index contributed by atoms with van der Waals surface area (Å²) in [4.78, 5) is 8.83. The van der Waals surface area contributed by atoms with E-state index in [1.807, 2.05) is 13.8 Å². The summed E-state index contributed by atoms with van der Waals surface area (Å²) >= 11 is 6.14. The first-order valence-corrected chi connectivity index (χ1v) is 6.79. The van der Waals surface area contributed by atoms with Crippen molar-refractivity contribution < 1.29 is 0 Å². The molecular formula is C13H20ClN3. The second-order valence-electron chi connectivity index (χ2n) is 4.87.